The van der Waals surface area contributed by atoms with Crippen molar-refractivity contribution in [2.75, 3.05) is 39.6 Å². The van der Waals surface area contributed by atoms with Crippen molar-refractivity contribution in [2.45, 2.75) is 83.7 Å². The zero-order valence-electron chi connectivity index (χ0n) is 19.8. The number of aliphatic hydroxyl groups is 2. The SMILES string of the molecule is C(OCC1CO1)C1CO1.CCC(O)(O)c1ccccc1.CCCCCOCCCCC. The first kappa shape index (κ1) is 28.0. The van der Waals surface area contributed by atoms with Gasteiger partial charge in [-0.05, 0) is 12.8 Å². The Balaban J connectivity index is 0.000000233. The highest BCUT2D eigenvalue weighted by Crippen LogP contribution is 2.20. The summed E-state index contributed by atoms with van der Waals surface area (Å²) in [5, 5.41) is 18.7. The van der Waals surface area contributed by atoms with Crippen LogP contribution in [-0.4, -0.2) is 62.1 Å². The number of hydrogen-bond donors (Lipinski definition) is 2. The molecule has 2 saturated heterocycles. The standard InChI is InChI=1S/C10H22O.C9H12O2.C6H10O3/c1-3-5-7-9-11-10-8-6-4-2;1-2-9(10,11)8-6-4-3-5-7-8;1(5-3-8-5)7-2-6-4-9-6/h3-10H2,1-2H3;3-7,10-11H,2H2,1H3;5-6H,1-4H2. The molecule has 0 spiro atoms. The summed E-state index contributed by atoms with van der Waals surface area (Å²) in [6.07, 6.45) is 8.77. The summed E-state index contributed by atoms with van der Waals surface area (Å²) in [6.45, 7) is 11.4. The Morgan fingerprint density at radius 3 is 1.68 bits per heavy atom. The third kappa shape index (κ3) is 16.3. The van der Waals surface area contributed by atoms with E-state index in [-0.39, 0.29) is 0 Å². The van der Waals surface area contributed by atoms with Gasteiger partial charge >= 0.3 is 0 Å². The Labute approximate surface area is 188 Å². The van der Waals surface area contributed by atoms with Crippen LogP contribution in [0.2, 0.25) is 0 Å². The molecule has 2 N–H and O–H groups in total. The number of unbranched alkanes of at least 4 members (excludes halogenated alkanes) is 4. The number of hydrogen-bond acceptors (Lipinski definition) is 6. The van der Waals surface area contributed by atoms with Crippen LogP contribution in [0.25, 0.3) is 0 Å². The summed E-state index contributed by atoms with van der Waals surface area (Å²) in [6, 6.07) is 8.81. The molecule has 2 aliphatic rings. The van der Waals surface area contributed by atoms with Crippen molar-refractivity contribution in [1.29, 1.82) is 0 Å². The van der Waals surface area contributed by atoms with Crippen molar-refractivity contribution < 1.29 is 29.2 Å². The van der Waals surface area contributed by atoms with Gasteiger partial charge in [0.25, 0.3) is 0 Å². The predicted octanol–water partition coefficient (Wildman–Crippen LogP) is 4.42. The molecule has 0 radical (unpaired) electrons. The first-order valence-corrected chi connectivity index (χ1v) is 11.9. The van der Waals surface area contributed by atoms with Crippen LogP contribution in [0, 0.1) is 0 Å². The minimum atomic E-state index is -1.67. The lowest BCUT2D eigenvalue weighted by molar-refractivity contribution is -0.171. The molecular formula is C25H44O6. The monoisotopic (exact) mass is 440 g/mol. The smallest absolute Gasteiger partial charge is 0.189 e. The van der Waals surface area contributed by atoms with Gasteiger partial charge in [0.1, 0.15) is 12.2 Å². The summed E-state index contributed by atoms with van der Waals surface area (Å²) in [7, 11) is 0. The summed E-state index contributed by atoms with van der Waals surface area (Å²) >= 11 is 0. The van der Waals surface area contributed by atoms with Crippen molar-refractivity contribution in [2.24, 2.45) is 0 Å². The number of epoxide rings is 2. The summed E-state index contributed by atoms with van der Waals surface area (Å²) < 4.78 is 20.6. The third-order valence-electron chi connectivity index (χ3n) is 4.93. The Morgan fingerprint density at radius 2 is 1.29 bits per heavy atom. The quantitative estimate of drug-likeness (QED) is 0.253. The van der Waals surface area contributed by atoms with Crippen molar-refractivity contribution in [3.8, 4) is 0 Å². The molecule has 6 nitrogen and oxygen atoms in total. The Morgan fingerprint density at radius 1 is 0.806 bits per heavy atom. The van der Waals surface area contributed by atoms with Crippen LogP contribution in [0.3, 0.4) is 0 Å². The van der Waals surface area contributed by atoms with Crippen LogP contribution in [0.1, 0.15) is 71.3 Å². The normalized spacial score (nSPS) is 19.0. The van der Waals surface area contributed by atoms with Crippen LogP contribution in [0.5, 0.6) is 0 Å². The van der Waals surface area contributed by atoms with Gasteiger partial charge in [0.15, 0.2) is 5.79 Å². The fraction of sp³-hybridized carbons (Fsp3) is 0.760. The average molecular weight is 441 g/mol. The van der Waals surface area contributed by atoms with Crippen molar-refractivity contribution in [3.63, 3.8) is 0 Å². The van der Waals surface area contributed by atoms with Gasteiger partial charge in [-0.1, -0.05) is 76.8 Å². The van der Waals surface area contributed by atoms with E-state index >= 15 is 0 Å². The minimum absolute atomic E-state index is 0.303. The van der Waals surface area contributed by atoms with Crippen LogP contribution in [0.15, 0.2) is 30.3 Å². The zero-order valence-corrected chi connectivity index (χ0v) is 19.8. The van der Waals surface area contributed by atoms with Gasteiger partial charge in [0.2, 0.25) is 0 Å². The van der Waals surface area contributed by atoms with E-state index < -0.39 is 5.79 Å². The highest BCUT2D eigenvalue weighted by molar-refractivity contribution is 5.19. The molecule has 0 aromatic heterocycles. The number of rotatable bonds is 14. The second-order valence-corrected chi connectivity index (χ2v) is 8.01. The largest absolute Gasteiger partial charge is 0.381 e. The van der Waals surface area contributed by atoms with Gasteiger partial charge in [0, 0.05) is 25.2 Å². The fourth-order valence-corrected chi connectivity index (χ4v) is 2.58. The van der Waals surface area contributed by atoms with E-state index in [2.05, 4.69) is 13.8 Å². The summed E-state index contributed by atoms with van der Waals surface area (Å²) in [5.41, 5.74) is 0.544. The second kappa shape index (κ2) is 17.5. The molecule has 180 valence electrons. The lowest BCUT2D eigenvalue weighted by atomic mass is 10.0. The van der Waals surface area contributed by atoms with E-state index in [1.54, 1.807) is 31.2 Å². The average Bonchev–Trinajstić information content (AvgIpc) is 3.71. The van der Waals surface area contributed by atoms with Crippen molar-refractivity contribution >= 4 is 0 Å². The Kier molecular flexibility index (Phi) is 15.8. The van der Waals surface area contributed by atoms with Gasteiger partial charge in [-0.3, -0.25) is 0 Å². The molecule has 2 heterocycles. The molecule has 3 rings (SSSR count). The third-order valence-corrected chi connectivity index (χ3v) is 4.93. The van der Waals surface area contributed by atoms with Crippen LogP contribution >= 0.6 is 0 Å². The van der Waals surface area contributed by atoms with Crippen LogP contribution < -0.4 is 0 Å². The maximum atomic E-state index is 9.35. The van der Waals surface area contributed by atoms with Gasteiger partial charge < -0.3 is 29.2 Å². The van der Waals surface area contributed by atoms with Gasteiger partial charge in [-0.15, -0.1) is 0 Å². The maximum Gasteiger partial charge on any atom is 0.189 e. The molecule has 1 aromatic carbocycles. The molecule has 2 fully saturated rings. The highest BCUT2D eigenvalue weighted by Gasteiger charge is 2.26. The van der Waals surface area contributed by atoms with Crippen LogP contribution in [0.4, 0.5) is 0 Å². The minimum Gasteiger partial charge on any atom is -0.381 e. The van der Waals surface area contributed by atoms with E-state index in [0.29, 0.717) is 24.2 Å². The Bertz CT molecular complexity index is 494. The van der Waals surface area contributed by atoms with Gasteiger partial charge in [0.05, 0.1) is 26.4 Å². The summed E-state index contributed by atoms with van der Waals surface area (Å²) in [5.74, 6) is -1.67. The molecular weight excluding hydrogens is 396 g/mol. The maximum absolute atomic E-state index is 9.35. The Hall–Kier alpha value is -1.02. The molecule has 2 unspecified atom stereocenters. The zero-order chi connectivity index (χ0) is 22.8. The van der Waals surface area contributed by atoms with Gasteiger partial charge in [-0.25, -0.2) is 0 Å². The van der Waals surface area contributed by atoms with E-state index in [1.807, 2.05) is 6.07 Å². The highest BCUT2D eigenvalue weighted by atomic mass is 16.6. The van der Waals surface area contributed by atoms with Gasteiger partial charge in [-0.2, -0.15) is 0 Å². The molecule has 2 atom stereocenters. The molecule has 0 bridgehead atoms. The van der Waals surface area contributed by atoms with E-state index in [0.717, 1.165) is 39.6 Å². The van der Waals surface area contributed by atoms with Crippen molar-refractivity contribution in [1.82, 2.24) is 0 Å². The van der Waals surface area contributed by atoms with E-state index in [9.17, 15) is 10.2 Å². The molecule has 2 aliphatic heterocycles. The molecule has 0 aliphatic carbocycles. The van der Waals surface area contributed by atoms with E-state index in [1.165, 1.54) is 38.5 Å². The topological polar surface area (TPSA) is 84.0 Å². The first-order valence-electron chi connectivity index (χ1n) is 11.9. The number of benzene rings is 1. The van der Waals surface area contributed by atoms with Crippen molar-refractivity contribution in [3.05, 3.63) is 35.9 Å². The van der Waals surface area contributed by atoms with E-state index in [4.69, 9.17) is 18.9 Å². The van der Waals surface area contributed by atoms with Crippen LogP contribution in [-0.2, 0) is 24.7 Å². The molecule has 0 saturated carbocycles. The molecule has 31 heavy (non-hydrogen) atoms. The fourth-order valence-electron chi connectivity index (χ4n) is 2.58. The number of ether oxygens (including phenoxy) is 4. The predicted molar refractivity (Wildman–Crippen MR) is 123 cm³/mol. The molecule has 0 amide bonds. The lowest BCUT2D eigenvalue weighted by Crippen LogP contribution is -2.23. The summed E-state index contributed by atoms with van der Waals surface area (Å²) in [4.78, 5) is 0. The molecule has 6 heteroatoms. The molecule has 1 aromatic rings. The first-order chi connectivity index (χ1) is 15.0. The lowest BCUT2D eigenvalue weighted by Gasteiger charge is -2.19. The second-order valence-electron chi connectivity index (χ2n) is 8.01.